The fourth-order valence-corrected chi connectivity index (χ4v) is 3.41. The molecule has 1 fully saturated rings. The van der Waals surface area contributed by atoms with E-state index in [2.05, 4.69) is 11.6 Å². The number of fused-ring (bicyclic) bond motifs is 1. The average Bonchev–Trinajstić information content (AvgIpc) is 2.93. The molecule has 2 aromatic rings. The lowest BCUT2D eigenvalue weighted by Crippen LogP contribution is -2.26. The van der Waals surface area contributed by atoms with Crippen molar-refractivity contribution in [1.29, 1.82) is 5.26 Å². The van der Waals surface area contributed by atoms with E-state index in [9.17, 15) is 22.0 Å². The van der Waals surface area contributed by atoms with Crippen LogP contribution in [0.1, 0.15) is 48.2 Å². The van der Waals surface area contributed by atoms with E-state index in [0.29, 0.717) is 5.56 Å². The second-order valence-corrected chi connectivity index (χ2v) is 6.59. The molecule has 0 radical (unpaired) electrons. The van der Waals surface area contributed by atoms with Crippen LogP contribution in [-0.4, -0.2) is 15.3 Å². The topological polar surface area (TPSA) is 41.1 Å². The number of hydrogen-bond donors (Lipinski definition) is 0. The quantitative estimate of drug-likeness (QED) is 0.695. The Morgan fingerprint density at radius 3 is 2.54 bits per heavy atom. The Morgan fingerprint density at radius 2 is 2.00 bits per heavy atom. The second kappa shape index (κ2) is 6.38. The van der Waals surface area contributed by atoms with Gasteiger partial charge >= 0.3 is 6.18 Å². The van der Waals surface area contributed by atoms with Gasteiger partial charge in [0.05, 0.1) is 17.3 Å². The second-order valence-electron chi connectivity index (χ2n) is 6.59. The van der Waals surface area contributed by atoms with Crippen LogP contribution in [0, 0.1) is 17.2 Å². The minimum atomic E-state index is -4.67. The van der Waals surface area contributed by atoms with Crippen molar-refractivity contribution in [3.8, 4) is 6.07 Å². The first kappa shape index (κ1) is 18.4. The monoisotopic (exact) mass is 369 g/mol. The number of alkyl halides is 5. The highest BCUT2D eigenvalue weighted by atomic mass is 19.4. The maximum absolute atomic E-state index is 13.4. The molecule has 2 heterocycles. The van der Waals surface area contributed by atoms with Crippen molar-refractivity contribution in [2.24, 2.45) is 5.92 Å². The summed E-state index contributed by atoms with van der Waals surface area (Å²) in [6, 6.07) is 3.19. The van der Waals surface area contributed by atoms with Crippen LogP contribution < -0.4 is 0 Å². The van der Waals surface area contributed by atoms with Crippen LogP contribution in [0.5, 0.6) is 0 Å². The van der Waals surface area contributed by atoms with Crippen LogP contribution in [0.15, 0.2) is 18.8 Å². The molecular weight excluding hydrogens is 353 g/mol. The predicted molar refractivity (Wildman–Crippen MR) is 85.6 cm³/mol. The van der Waals surface area contributed by atoms with Crippen molar-refractivity contribution < 1.29 is 22.0 Å². The number of aromatic nitrogens is 2. The van der Waals surface area contributed by atoms with Gasteiger partial charge in [0.25, 0.3) is 0 Å². The third-order valence-electron chi connectivity index (χ3n) is 4.82. The zero-order chi connectivity index (χ0) is 19.1. The smallest absolute Gasteiger partial charge is 0.303 e. The van der Waals surface area contributed by atoms with Crippen molar-refractivity contribution in [3.05, 3.63) is 41.4 Å². The first-order valence-electron chi connectivity index (χ1n) is 8.17. The minimum absolute atomic E-state index is 0.00851. The van der Waals surface area contributed by atoms with Gasteiger partial charge in [-0.2, -0.15) is 18.4 Å². The van der Waals surface area contributed by atoms with Crippen molar-refractivity contribution in [1.82, 2.24) is 9.38 Å². The van der Waals surface area contributed by atoms with E-state index < -0.39 is 17.8 Å². The van der Waals surface area contributed by atoms with Crippen LogP contribution in [0.3, 0.4) is 0 Å². The van der Waals surface area contributed by atoms with Gasteiger partial charge in [-0.25, -0.2) is 13.8 Å². The van der Waals surface area contributed by atoms with Gasteiger partial charge in [0, 0.05) is 24.6 Å². The molecule has 0 N–H and O–H groups in total. The maximum Gasteiger partial charge on any atom is 0.435 e. The molecule has 3 rings (SSSR count). The summed E-state index contributed by atoms with van der Waals surface area (Å²) in [5.41, 5.74) is -0.511. The van der Waals surface area contributed by atoms with E-state index >= 15 is 0 Å². The summed E-state index contributed by atoms with van der Waals surface area (Å²) in [5, 5.41) is 9.13. The van der Waals surface area contributed by atoms with Crippen molar-refractivity contribution in [2.75, 3.05) is 0 Å². The van der Waals surface area contributed by atoms with E-state index in [0.717, 1.165) is 0 Å². The number of pyridine rings is 1. The van der Waals surface area contributed by atoms with Crippen molar-refractivity contribution in [2.45, 2.75) is 44.2 Å². The zero-order valence-electron chi connectivity index (χ0n) is 13.8. The number of rotatable bonds is 3. The molecule has 0 amide bonds. The molecule has 1 aliphatic carbocycles. The fraction of sp³-hybridized carbons (Fsp3) is 0.444. The van der Waals surface area contributed by atoms with Crippen LogP contribution >= 0.6 is 0 Å². The zero-order valence-corrected chi connectivity index (χ0v) is 13.8. The Kier molecular flexibility index (Phi) is 4.51. The van der Waals surface area contributed by atoms with Crippen LogP contribution in [0.2, 0.25) is 0 Å². The molecule has 0 unspecified atom stereocenters. The molecule has 0 bridgehead atoms. The molecular formula is C18H16F5N3. The minimum Gasteiger partial charge on any atom is -0.303 e. The van der Waals surface area contributed by atoms with E-state index in [4.69, 9.17) is 5.26 Å². The van der Waals surface area contributed by atoms with Gasteiger partial charge in [0.15, 0.2) is 5.69 Å². The van der Waals surface area contributed by atoms with Gasteiger partial charge in [0.1, 0.15) is 5.65 Å². The number of halogens is 5. The Balaban J connectivity index is 2.07. The Morgan fingerprint density at radius 1 is 1.35 bits per heavy atom. The molecule has 0 atom stereocenters. The van der Waals surface area contributed by atoms with E-state index in [1.165, 1.54) is 22.7 Å². The number of hydrogen-bond acceptors (Lipinski definition) is 2. The lowest BCUT2D eigenvalue weighted by Gasteiger charge is -2.28. The first-order chi connectivity index (χ1) is 12.1. The average molecular weight is 369 g/mol. The summed E-state index contributed by atoms with van der Waals surface area (Å²) in [7, 11) is 0. The molecule has 26 heavy (non-hydrogen) atoms. The third kappa shape index (κ3) is 3.43. The third-order valence-corrected chi connectivity index (χ3v) is 4.82. The van der Waals surface area contributed by atoms with Crippen LogP contribution in [-0.2, 0) is 12.6 Å². The van der Waals surface area contributed by atoms with Crippen molar-refractivity contribution >= 4 is 11.7 Å². The van der Waals surface area contributed by atoms with Crippen LogP contribution in [0.4, 0.5) is 22.0 Å². The summed E-state index contributed by atoms with van der Waals surface area (Å²) in [5.74, 6) is -3.00. The Labute approximate surface area is 146 Å². The molecule has 1 aliphatic rings. The van der Waals surface area contributed by atoms with Gasteiger partial charge in [-0.15, -0.1) is 0 Å². The Bertz CT molecular complexity index is 879. The van der Waals surface area contributed by atoms with Gasteiger partial charge in [-0.05, 0) is 31.2 Å². The van der Waals surface area contributed by atoms with Gasteiger partial charge in [-0.3, -0.25) is 0 Å². The largest absolute Gasteiger partial charge is 0.435 e. The van der Waals surface area contributed by atoms with Gasteiger partial charge < -0.3 is 4.40 Å². The molecule has 8 heteroatoms. The number of nitriles is 1. The highest BCUT2D eigenvalue weighted by Crippen LogP contribution is 2.40. The molecule has 1 saturated carbocycles. The summed E-state index contributed by atoms with van der Waals surface area (Å²) < 4.78 is 68.3. The molecule has 0 aromatic carbocycles. The first-order valence-corrected chi connectivity index (χ1v) is 8.17. The van der Waals surface area contributed by atoms with E-state index in [1.54, 1.807) is 0 Å². The lowest BCUT2D eigenvalue weighted by atomic mass is 9.83. The van der Waals surface area contributed by atoms with Gasteiger partial charge in [0.2, 0.25) is 5.92 Å². The lowest BCUT2D eigenvalue weighted by molar-refractivity contribution is -0.141. The summed E-state index contributed by atoms with van der Waals surface area (Å²) in [4.78, 5) is 3.67. The van der Waals surface area contributed by atoms with E-state index in [-0.39, 0.29) is 54.9 Å². The fourth-order valence-electron chi connectivity index (χ4n) is 3.41. The molecule has 138 valence electrons. The van der Waals surface area contributed by atoms with Crippen molar-refractivity contribution in [3.63, 3.8) is 0 Å². The molecule has 3 nitrogen and oxygen atoms in total. The molecule has 0 saturated heterocycles. The Hall–Kier alpha value is -2.43. The van der Waals surface area contributed by atoms with Crippen LogP contribution in [0.25, 0.3) is 11.7 Å². The van der Waals surface area contributed by atoms with Gasteiger partial charge in [-0.1, -0.05) is 12.7 Å². The molecule has 0 spiro atoms. The summed E-state index contributed by atoms with van der Waals surface area (Å²) in [6.07, 6.45) is -2.16. The van der Waals surface area contributed by atoms with E-state index in [1.807, 2.05) is 6.07 Å². The molecule has 0 aliphatic heterocycles. The number of nitrogens with zero attached hydrogens (tertiary/aromatic N) is 3. The standard InChI is InChI=1S/C18H16F5N3/c1-2-12-10-26-14(7-11-3-5-17(19,20)6-4-11)16(18(21,22)23)25-15(26)8-13(12)9-24/h2,8,10-11H,1,3-7H2. The summed E-state index contributed by atoms with van der Waals surface area (Å²) >= 11 is 0. The summed E-state index contributed by atoms with van der Waals surface area (Å²) in [6.45, 7) is 3.57. The predicted octanol–water partition coefficient (Wildman–Crippen LogP) is 5.24. The highest BCUT2D eigenvalue weighted by Gasteiger charge is 2.40. The SMILES string of the molecule is C=Cc1cn2c(CC3CCC(F)(F)CC3)c(C(F)(F)F)nc2cc1C#N. The maximum atomic E-state index is 13.4. The highest BCUT2D eigenvalue weighted by molar-refractivity contribution is 5.61. The number of imidazole rings is 1. The normalized spacial score (nSPS) is 18.0. The molecule has 2 aromatic heterocycles.